The van der Waals surface area contributed by atoms with E-state index in [1.54, 1.807) is 0 Å². The van der Waals surface area contributed by atoms with Crippen molar-refractivity contribution in [2.45, 2.75) is 0 Å². The van der Waals surface area contributed by atoms with Crippen molar-refractivity contribution >= 4 is 17.7 Å². The zero-order valence-electron chi connectivity index (χ0n) is 10.9. The van der Waals surface area contributed by atoms with Crippen LogP contribution in [-0.4, -0.2) is 17.0 Å². The quantitative estimate of drug-likeness (QED) is 0.508. The van der Waals surface area contributed by atoms with E-state index in [0.717, 1.165) is 18.2 Å². The summed E-state index contributed by atoms with van der Waals surface area (Å²) in [7, 11) is 0. The molecule has 1 amide bonds. The van der Waals surface area contributed by atoms with Crippen LogP contribution in [0.4, 0.5) is 19.3 Å². The highest BCUT2D eigenvalue weighted by Crippen LogP contribution is 2.27. The molecule has 0 aliphatic rings. The predicted octanol–water partition coefficient (Wildman–Crippen LogP) is 1.97. The van der Waals surface area contributed by atoms with Crippen molar-refractivity contribution in [2.75, 3.05) is 5.73 Å². The zero-order chi connectivity index (χ0) is 16.3. The lowest BCUT2D eigenvalue weighted by atomic mass is 10.2. The minimum Gasteiger partial charge on any atom is -0.457 e. The number of pyridine rings is 1. The normalized spacial score (nSPS) is 10.1. The van der Waals surface area contributed by atoms with Crippen LogP contribution >= 0.6 is 0 Å². The molecular weight excluding hydrogens is 300 g/mol. The topological polar surface area (TPSA) is 118 Å². The number of benzene rings is 1. The molecule has 1 aromatic heterocycles. The van der Waals surface area contributed by atoms with Gasteiger partial charge in [0.05, 0.1) is 0 Å². The van der Waals surface area contributed by atoms with Crippen LogP contribution in [0.2, 0.25) is 0 Å². The Morgan fingerprint density at radius 1 is 1.09 bits per heavy atom. The van der Waals surface area contributed by atoms with Crippen LogP contribution in [0.15, 0.2) is 30.5 Å². The second kappa shape index (κ2) is 6.04. The van der Waals surface area contributed by atoms with Gasteiger partial charge in [-0.1, -0.05) is 0 Å². The molecule has 9 heteroatoms. The number of ether oxygens (including phenoxy) is 2. The Hall–Kier alpha value is -3.23. The Morgan fingerprint density at radius 3 is 2.32 bits per heavy atom. The molecule has 7 nitrogen and oxygen atoms in total. The maximum atomic E-state index is 13.3. The molecule has 1 heterocycles. The predicted molar refractivity (Wildman–Crippen MR) is 70.1 cm³/mol. The second-order valence-corrected chi connectivity index (χ2v) is 3.99. The van der Waals surface area contributed by atoms with E-state index >= 15 is 0 Å². The first-order valence-corrected chi connectivity index (χ1v) is 5.77. The third kappa shape index (κ3) is 3.45. The molecule has 0 aliphatic carbocycles. The van der Waals surface area contributed by atoms with E-state index in [1.165, 1.54) is 12.3 Å². The highest BCUT2D eigenvalue weighted by Gasteiger charge is 2.14. The number of hydrogen-bond acceptors (Lipinski definition) is 6. The van der Waals surface area contributed by atoms with Crippen LogP contribution in [-0.2, 0) is 4.74 Å². The van der Waals surface area contributed by atoms with Gasteiger partial charge >= 0.3 is 12.1 Å². The average molecular weight is 309 g/mol. The first-order chi connectivity index (χ1) is 10.4. The number of hydrogen-bond donors (Lipinski definition) is 2. The van der Waals surface area contributed by atoms with E-state index in [-0.39, 0.29) is 17.2 Å². The van der Waals surface area contributed by atoms with Crippen LogP contribution in [0.1, 0.15) is 10.5 Å². The van der Waals surface area contributed by atoms with Gasteiger partial charge in [0.15, 0.2) is 17.3 Å². The summed E-state index contributed by atoms with van der Waals surface area (Å²) in [4.78, 5) is 25.6. The molecule has 1 aromatic carbocycles. The number of carbonyl (C=O) groups excluding carboxylic acids is 2. The van der Waals surface area contributed by atoms with Gasteiger partial charge in [0.1, 0.15) is 17.2 Å². The number of carbonyl (C=O) groups is 2. The number of anilines is 1. The van der Waals surface area contributed by atoms with Crippen LogP contribution in [0.25, 0.3) is 0 Å². The lowest BCUT2D eigenvalue weighted by Gasteiger charge is -2.08. The van der Waals surface area contributed by atoms with Crippen LogP contribution in [0.5, 0.6) is 11.5 Å². The molecule has 0 saturated heterocycles. The third-order valence-electron chi connectivity index (χ3n) is 2.42. The van der Waals surface area contributed by atoms with Gasteiger partial charge in [-0.15, -0.1) is 0 Å². The Bertz CT molecular complexity index is 729. The number of esters is 1. The van der Waals surface area contributed by atoms with E-state index in [1.807, 2.05) is 0 Å². The van der Waals surface area contributed by atoms with E-state index in [9.17, 15) is 18.4 Å². The lowest BCUT2D eigenvalue weighted by Crippen LogP contribution is -2.19. The van der Waals surface area contributed by atoms with Crippen LogP contribution in [0.3, 0.4) is 0 Å². The maximum Gasteiger partial charge on any atom is 0.412 e. The van der Waals surface area contributed by atoms with Crippen molar-refractivity contribution in [1.29, 1.82) is 0 Å². The van der Waals surface area contributed by atoms with Gasteiger partial charge < -0.3 is 20.9 Å². The second-order valence-electron chi connectivity index (χ2n) is 3.99. The highest BCUT2D eigenvalue weighted by molar-refractivity contribution is 5.94. The molecule has 0 bridgehead atoms. The standard InChI is InChI=1S/C13H9F2N3O4/c14-8-3-7(4-9(15)11(8)16)21-6-1-2-18-10(5-6)12(19)22-13(17)20/h1-5H,16H2,(H2,17,20). The number of halogens is 2. The molecule has 2 rings (SSSR count). The smallest absolute Gasteiger partial charge is 0.412 e. The van der Waals surface area contributed by atoms with E-state index in [2.05, 4.69) is 9.72 Å². The molecule has 2 aromatic rings. The molecule has 0 radical (unpaired) electrons. The molecule has 4 N–H and O–H groups in total. The van der Waals surface area contributed by atoms with Crippen molar-refractivity contribution in [3.63, 3.8) is 0 Å². The Labute approximate surface area is 122 Å². The molecule has 22 heavy (non-hydrogen) atoms. The lowest BCUT2D eigenvalue weighted by molar-refractivity contribution is 0.0631. The van der Waals surface area contributed by atoms with Gasteiger partial charge in [-0.3, -0.25) is 0 Å². The zero-order valence-corrected chi connectivity index (χ0v) is 10.9. The summed E-state index contributed by atoms with van der Waals surface area (Å²) in [6.07, 6.45) is -0.113. The fourth-order valence-electron chi connectivity index (χ4n) is 1.49. The summed E-state index contributed by atoms with van der Waals surface area (Å²) < 4.78 is 36.0. The molecule has 0 spiro atoms. The number of aromatic nitrogens is 1. The number of nitrogen functional groups attached to an aromatic ring is 1. The number of nitrogens with zero attached hydrogens (tertiary/aromatic N) is 1. The van der Waals surface area contributed by atoms with Crippen molar-refractivity contribution in [3.8, 4) is 11.5 Å². The van der Waals surface area contributed by atoms with Crippen molar-refractivity contribution in [1.82, 2.24) is 4.98 Å². The van der Waals surface area contributed by atoms with Crippen LogP contribution < -0.4 is 16.2 Å². The van der Waals surface area contributed by atoms with Gasteiger partial charge in [-0.25, -0.2) is 23.4 Å². The van der Waals surface area contributed by atoms with Gasteiger partial charge in [-0.05, 0) is 6.07 Å². The fourth-order valence-corrected chi connectivity index (χ4v) is 1.49. The third-order valence-corrected chi connectivity index (χ3v) is 2.42. The molecule has 0 fully saturated rings. The Morgan fingerprint density at radius 2 is 1.73 bits per heavy atom. The summed E-state index contributed by atoms with van der Waals surface area (Å²) in [6, 6.07) is 4.19. The summed E-state index contributed by atoms with van der Waals surface area (Å²) in [5, 5.41) is 0. The first-order valence-electron chi connectivity index (χ1n) is 5.77. The molecule has 0 atom stereocenters. The first kappa shape index (κ1) is 15.2. The van der Waals surface area contributed by atoms with Gasteiger partial charge in [0, 0.05) is 24.4 Å². The van der Waals surface area contributed by atoms with E-state index in [0.29, 0.717) is 0 Å². The minimum atomic E-state index is -1.29. The van der Waals surface area contributed by atoms with E-state index < -0.39 is 29.4 Å². The van der Waals surface area contributed by atoms with Crippen molar-refractivity contribution in [2.24, 2.45) is 5.73 Å². The number of rotatable bonds is 3. The Balaban J connectivity index is 2.24. The number of primary amides is 1. The number of amides is 1. The van der Waals surface area contributed by atoms with Crippen molar-refractivity contribution < 1.29 is 27.8 Å². The summed E-state index contributed by atoms with van der Waals surface area (Å²) >= 11 is 0. The molecule has 114 valence electrons. The fraction of sp³-hybridized carbons (Fsp3) is 0. The Kier molecular flexibility index (Phi) is 4.16. The largest absolute Gasteiger partial charge is 0.457 e. The maximum absolute atomic E-state index is 13.3. The summed E-state index contributed by atoms with van der Waals surface area (Å²) in [5.41, 5.74) is 8.94. The van der Waals surface area contributed by atoms with Gasteiger partial charge in [0.2, 0.25) is 0 Å². The molecule has 0 unspecified atom stereocenters. The van der Waals surface area contributed by atoms with Gasteiger partial charge in [-0.2, -0.15) is 0 Å². The minimum absolute atomic E-state index is 0.0370. The highest BCUT2D eigenvalue weighted by atomic mass is 19.1. The molecular formula is C13H9F2N3O4. The van der Waals surface area contributed by atoms with Gasteiger partial charge in [0.25, 0.3) is 0 Å². The van der Waals surface area contributed by atoms with E-state index in [4.69, 9.17) is 16.2 Å². The van der Waals surface area contributed by atoms with Crippen LogP contribution in [0, 0.1) is 11.6 Å². The molecule has 0 saturated carbocycles. The van der Waals surface area contributed by atoms with Crippen molar-refractivity contribution in [3.05, 3.63) is 47.8 Å². The average Bonchev–Trinajstić information content (AvgIpc) is 2.44. The molecule has 0 aliphatic heterocycles. The number of nitrogens with two attached hydrogens (primary N) is 2. The monoisotopic (exact) mass is 309 g/mol. The SMILES string of the molecule is NC(=O)OC(=O)c1cc(Oc2cc(F)c(N)c(F)c2)ccn1. The summed E-state index contributed by atoms with van der Waals surface area (Å²) in [6.45, 7) is 0. The summed E-state index contributed by atoms with van der Waals surface area (Å²) in [5.74, 6) is -3.21.